The summed E-state index contributed by atoms with van der Waals surface area (Å²) in [6, 6.07) is 11.8. The summed E-state index contributed by atoms with van der Waals surface area (Å²) in [4.78, 5) is 17.0. The number of hydrogen-bond acceptors (Lipinski definition) is 7. The van der Waals surface area contributed by atoms with Gasteiger partial charge in [-0.1, -0.05) is 37.0 Å². The Bertz CT molecular complexity index is 1050. The molecule has 1 amide bonds. The zero-order valence-corrected chi connectivity index (χ0v) is 17.9. The lowest BCUT2D eigenvalue weighted by Crippen LogP contribution is -2.36. The van der Waals surface area contributed by atoms with Crippen molar-refractivity contribution in [2.24, 2.45) is 5.92 Å². The fourth-order valence-electron chi connectivity index (χ4n) is 3.09. The molecule has 31 heavy (non-hydrogen) atoms. The van der Waals surface area contributed by atoms with Gasteiger partial charge in [0.2, 0.25) is 18.5 Å². The monoisotopic (exact) mass is 443 g/mol. The van der Waals surface area contributed by atoms with Crippen LogP contribution in [-0.4, -0.2) is 29.4 Å². The Morgan fingerprint density at radius 2 is 1.97 bits per heavy atom. The molecular weight excluding hydrogens is 422 g/mol. The number of nitrogens with zero attached hydrogens (tertiary/aromatic N) is 2. The highest BCUT2D eigenvalue weighted by Gasteiger charge is 2.27. The first-order valence-electron chi connectivity index (χ1n) is 9.95. The maximum atomic E-state index is 12.5. The minimum Gasteiger partial charge on any atom is -0.484 e. The molecule has 162 valence electrons. The second kappa shape index (κ2) is 9.26. The Morgan fingerprint density at radius 1 is 1.19 bits per heavy atom. The maximum Gasteiger partial charge on any atom is 0.258 e. The number of halogens is 1. The van der Waals surface area contributed by atoms with Gasteiger partial charge in [-0.05, 0) is 48.4 Å². The summed E-state index contributed by atoms with van der Waals surface area (Å²) in [5, 5.41) is 7.62. The van der Waals surface area contributed by atoms with Gasteiger partial charge in [0.25, 0.3) is 5.91 Å². The number of fused-ring (bicyclic) bond motifs is 1. The van der Waals surface area contributed by atoms with Gasteiger partial charge in [-0.15, -0.1) is 0 Å². The molecule has 0 fully saturated rings. The highest BCUT2D eigenvalue weighted by molar-refractivity contribution is 6.30. The van der Waals surface area contributed by atoms with Crippen molar-refractivity contribution in [2.75, 3.05) is 13.4 Å². The van der Waals surface area contributed by atoms with Crippen LogP contribution in [0.3, 0.4) is 0 Å². The van der Waals surface area contributed by atoms with E-state index in [-0.39, 0.29) is 25.2 Å². The summed E-state index contributed by atoms with van der Waals surface area (Å²) in [5.74, 6) is 2.40. The van der Waals surface area contributed by atoms with Crippen LogP contribution >= 0.6 is 11.6 Å². The standard InChI is InChI=1S/C22H22ClN3O5/c1-3-13(2)20(24-19(27)11-28-16-7-5-15(23)6-8-16)22-25-21(26-31-22)14-4-9-17-18(10-14)30-12-29-17/h4-10,13,20H,3,11-12H2,1-2H3,(H,24,27)/t13-,20+/m0/s1. The van der Waals surface area contributed by atoms with Crippen molar-refractivity contribution in [1.29, 1.82) is 0 Å². The fraction of sp³-hybridized carbons (Fsp3) is 0.318. The van der Waals surface area contributed by atoms with Crippen molar-refractivity contribution in [3.05, 3.63) is 53.4 Å². The zero-order valence-electron chi connectivity index (χ0n) is 17.1. The summed E-state index contributed by atoms with van der Waals surface area (Å²) in [6.45, 7) is 4.09. The number of ether oxygens (including phenoxy) is 3. The van der Waals surface area contributed by atoms with E-state index in [1.165, 1.54) is 0 Å². The number of hydrogen-bond donors (Lipinski definition) is 1. The number of aromatic nitrogens is 2. The van der Waals surface area contributed by atoms with Gasteiger partial charge in [-0.25, -0.2) is 0 Å². The Balaban J connectivity index is 1.45. The molecule has 1 aliphatic heterocycles. The number of amides is 1. The molecule has 2 heterocycles. The molecule has 9 heteroatoms. The summed E-state index contributed by atoms with van der Waals surface area (Å²) in [5.41, 5.74) is 0.736. The van der Waals surface area contributed by atoms with Gasteiger partial charge in [-0.2, -0.15) is 4.98 Å². The Labute approximate surface area is 184 Å². The summed E-state index contributed by atoms with van der Waals surface area (Å²) in [7, 11) is 0. The fourth-order valence-corrected chi connectivity index (χ4v) is 3.22. The third-order valence-electron chi connectivity index (χ3n) is 5.05. The normalized spacial score (nSPS) is 14.2. The molecule has 3 aromatic rings. The number of benzene rings is 2. The van der Waals surface area contributed by atoms with Crippen LogP contribution in [0, 0.1) is 5.92 Å². The maximum absolute atomic E-state index is 12.5. The van der Waals surface area contributed by atoms with Crippen LogP contribution in [0.5, 0.6) is 17.2 Å². The molecule has 0 aliphatic carbocycles. The molecule has 1 aliphatic rings. The van der Waals surface area contributed by atoms with E-state index in [9.17, 15) is 4.79 Å². The van der Waals surface area contributed by atoms with Crippen molar-refractivity contribution >= 4 is 17.5 Å². The van der Waals surface area contributed by atoms with E-state index < -0.39 is 6.04 Å². The molecular formula is C22H22ClN3O5. The molecule has 0 radical (unpaired) electrons. The van der Waals surface area contributed by atoms with Crippen molar-refractivity contribution < 1.29 is 23.5 Å². The minimum atomic E-state index is -0.443. The van der Waals surface area contributed by atoms with Gasteiger partial charge in [-0.3, -0.25) is 4.79 Å². The smallest absolute Gasteiger partial charge is 0.258 e. The number of carbonyl (C=O) groups excluding carboxylic acids is 1. The molecule has 1 N–H and O–H groups in total. The Morgan fingerprint density at radius 3 is 2.74 bits per heavy atom. The van der Waals surface area contributed by atoms with Crippen LogP contribution in [0.2, 0.25) is 5.02 Å². The van der Waals surface area contributed by atoms with Crippen LogP contribution in [0.1, 0.15) is 32.2 Å². The molecule has 0 saturated heterocycles. The molecule has 0 bridgehead atoms. The quantitative estimate of drug-likeness (QED) is 0.551. The summed E-state index contributed by atoms with van der Waals surface area (Å²) >= 11 is 5.86. The Hall–Kier alpha value is -3.26. The predicted octanol–water partition coefficient (Wildman–Crippen LogP) is 4.40. The van der Waals surface area contributed by atoms with Gasteiger partial charge in [0.05, 0.1) is 0 Å². The van der Waals surface area contributed by atoms with E-state index >= 15 is 0 Å². The van der Waals surface area contributed by atoms with E-state index in [1.54, 1.807) is 36.4 Å². The molecule has 2 atom stereocenters. The van der Waals surface area contributed by atoms with Crippen molar-refractivity contribution in [1.82, 2.24) is 15.5 Å². The molecule has 1 aromatic heterocycles. The largest absolute Gasteiger partial charge is 0.484 e. The van der Waals surface area contributed by atoms with Gasteiger partial charge in [0, 0.05) is 10.6 Å². The first-order valence-corrected chi connectivity index (χ1v) is 10.3. The number of carbonyl (C=O) groups is 1. The zero-order chi connectivity index (χ0) is 21.8. The van der Waals surface area contributed by atoms with Crippen molar-refractivity contribution in [2.45, 2.75) is 26.3 Å². The molecule has 0 saturated carbocycles. The lowest BCUT2D eigenvalue weighted by molar-refractivity contribution is -0.124. The predicted molar refractivity (Wildman–Crippen MR) is 113 cm³/mol. The van der Waals surface area contributed by atoms with Crippen LogP contribution in [-0.2, 0) is 4.79 Å². The molecule has 0 unspecified atom stereocenters. The van der Waals surface area contributed by atoms with Gasteiger partial charge >= 0.3 is 0 Å². The van der Waals surface area contributed by atoms with Crippen LogP contribution < -0.4 is 19.5 Å². The van der Waals surface area contributed by atoms with Gasteiger partial charge in [0.1, 0.15) is 11.8 Å². The lowest BCUT2D eigenvalue weighted by Gasteiger charge is -2.20. The first kappa shape index (κ1) is 21.0. The molecule has 4 rings (SSSR count). The highest BCUT2D eigenvalue weighted by Crippen LogP contribution is 2.35. The van der Waals surface area contributed by atoms with Crippen molar-refractivity contribution in [3.8, 4) is 28.6 Å². The third-order valence-corrected chi connectivity index (χ3v) is 5.30. The van der Waals surface area contributed by atoms with E-state index in [2.05, 4.69) is 15.5 Å². The number of nitrogens with one attached hydrogen (secondary N) is 1. The molecule has 8 nitrogen and oxygen atoms in total. The Kier molecular flexibility index (Phi) is 6.27. The second-order valence-corrected chi connectivity index (χ2v) is 7.63. The van der Waals surface area contributed by atoms with Crippen LogP contribution in [0.25, 0.3) is 11.4 Å². The average molecular weight is 444 g/mol. The lowest BCUT2D eigenvalue weighted by atomic mass is 9.99. The first-order chi connectivity index (χ1) is 15.0. The van der Waals surface area contributed by atoms with Gasteiger partial charge < -0.3 is 24.1 Å². The second-order valence-electron chi connectivity index (χ2n) is 7.20. The summed E-state index contributed by atoms with van der Waals surface area (Å²) in [6.07, 6.45) is 0.810. The number of rotatable bonds is 8. The van der Waals surface area contributed by atoms with Crippen LogP contribution in [0.4, 0.5) is 0 Å². The van der Waals surface area contributed by atoms with E-state index in [0.29, 0.717) is 34.0 Å². The highest BCUT2D eigenvalue weighted by atomic mass is 35.5. The van der Waals surface area contributed by atoms with Crippen LogP contribution in [0.15, 0.2) is 47.0 Å². The van der Waals surface area contributed by atoms with E-state index in [0.717, 1.165) is 12.0 Å². The minimum absolute atomic E-state index is 0.0736. The molecule has 2 aromatic carbocycles. The van der Waals surface area contributed by atoms with E-state index in [4.69, 9.17) is 30.3 Å². The topological polar surface area (TPSA) is 95.7 Å². The third kappa shape index (κ3) is 4.91. The van der Waals surface area contributed by atoms with Gasteiger partial charge in [0.15, 0.2) is 18.1 Å². The van der Waals surface area contributed by atoms with Crippen molar-refractivity contribution in [3.63, 3.8) is 0 Å². The summed E-state index contributed by atoms with van der Waals surface area (Å²) < 4.78 is 21.8. The average Bonchev–Trinajstić information content (AvgIpc) is 3.45. The molecule has 0 spiro atoms. The SMILES string of the molecule is CC[C@H](C)[C@@H](NC(=O)COc1ccc(Cl)cc1)c1nc(-c2ccc3c(c2)OCO3)no1. The van der Waals surface area contributed by atoms with E-state index in [1.807, 2.05) is 19.9 Å².